The summed E-state index contributed by atoms with van der Waals surface area (Å²) in [4.78, 5) is 0. The molecule has 144 valence electrons. The van der Waals surface area contributed by atoms with Crippen molar-refractivity contribution >= 4 is 10.8 Å². The van der Waals surface area contributed by atoms with E-state index in [2.05, 4.69) is 73.1 Å². The molecule has 1 aliphatic rings. The van der Waals surface area contributed by atoms with Crippen LogP contribution in [0, 0.1) is 12.3 Å². The molecule has 0 aliphatic heterocycles. The minimum absolute atomic E-state index is 0.501. The molecule has 0 fully saturated rings. The SMILES string of the molecule is [2H]C([2H])(c1cc[n+](C)c(-c2c(C)cc3cccc4c3c2-c2ccccc2-4)c1)C(C)(C)C. The highest BCUT2D eigenvalue weighted by Gasteiger charge is 2.28. The van der Waals surface area contributed by atoms with Crippen molar-refractivity contribution in [1.29, 1.82) is 0 Å². The van der Waals surface area contributed by atoms with Crippen molar-refractivity contribution in [3.63, 3.8) is 0 Å². The molecule has 0 saturated carbocycles. The Morgan fingerprint density at radius 1 is 0.862 bits per heavy atom. The van der Waals surface area contributed by atoms with Crippen LogP contribution >= 0.6 is 0 Å². The molecule has 5 rings (SSSR count). The van der Waals surface area contributed by atoms with Gasteiger partial charge in [-0.25, -0.2) is 4.57 Å². The van der Waals surface area contributed by atoms with Gasteiger partial charge in [-0.05, 0) is 57.3 Å². The lowest BCUT2D eigenvalue weighted by Gasteiger charge is -2.18. The second-order valence-corrected chi connectivity index (χ2v) is 9.18. The molecule has 1 heteroatoms. The highest BCUT2D eigenvalue weighted by atomic mass is 14.9. The lowest BCUT2D eigenvalue weighted by atomic mass is 9.86. The smallest absolute Gasteiger partial charge is 0.201 e. The third-order valence-corrected chi connectivity index (χ3v) is 5.77. The van der Waals surface area contributed by atoms with E-state index in [-0.39, 0.29) is 0 Å². The summed E-state index contributed by atoms with van der Waals surface area (Å²) in [6.45, 7) is 8.05. The Hall–Kier alpha value is -2.93. The van der Waals surface area contributed by atoms with Gasteiger partial charge in [0.05, 0.1) is 5.56 Å². The predicted octanol–water partition coefficient (Wildman–Crippen LogP) is 6.88. The maximum atomic E-state index is 8.82. The van der Waals surface area contributed by atoms with E-state index in [1.807, 2.05) is 33.0 Å². The number of aryl methyl sites for hydroxylation is 2. The first kappa shape index (κ1) is 15.9. The Bertz CT molecular complexity index is 1360. The van der Waals surface area contributed by atoms with E-state index >= 15 is 0 Å². The fourth-order valence-electron chi connectivity index (χ4n) is 4.69. The van der Waals surface area contributed by atoms with Crippen molar-refractivity contribution in [2.24, 2.45) is 12.5 Å². The molecule has 0 saturated heterocycles. The molecule has 0 radical (unpaired) electrons. The largest absolute Gasteiger partial charge is 0.213 e. The average Bonchev–Trinajstić information content (AvgIpc) is 3.04. The van der Waals surface area contributed by atoms with Crippen molar-refractivity contribution < 1.29 is 7.31 Å². The quantitative estimate of drug-likeness (QED) is 0.294. The topological polar surface area (TPSA) is 3.88 Å². The van der Waals surface area contributed by atoms with Crippen molar-refractivity contribution in [2.45, 2.75) is 34.1 Å². The molecule has 3 aromatic carbocycles. The Balaban J connectivity index is 1.87. The number of fused-ring (bicyclic) bond motifs is 3. The summed E-state index contributed by atoms with van der Waals surface area (Å²) in [5, 5.41) is 2.56. The minimum Gasteiger partial charge on any atom is -0.201 e. The second-order valence-electron chi connectivity index (χ2n) is 9.18. The van der Waals surface area contributed by atoms with Crippen molar-refractivity contribution in [1.82, 2.24) is 0 Å². The molecule has 1 aromatic heterocycles. The van der Waals surface area contributed by atoms with E-state index in [4.69, 9.17) is 2.74 Å². The summed E-state index contributed by atoms with van der Waals surface area (Å²) in [6, 6.07) is 21.4. The van der Waals surface area contributed by atoms with Crippen LogP contribution in [0.1, 0.15) is 34.6 Å². The monoisotopic (exact) mass is 380 g/mol. The zero-order valence-electron chi connectivity index (χ0n) is 19.8. The molecule has 4 aromatic rings. The van der Waals surface area contributed by atoms with Crippen molar-refractivity contribution in [3.05, 3.63) is 78.0 Å². The van der Waals surface area contributed by atoms with Crippen LogP contribution in [0.4, 0.5) is 0 Å². The molecule has 0 amide bonds. The number of benzene rings is 3. The number of pyridine rings is 1. The summed E-state index contributed by atoms with van der Waals surface area (Å²) < 4.78 is 19.8. The van der Waals surface area contributed by atoms with E-state index in [0.717, 1.165) is 11.3 Å². The maximum absolute atomic E-state index is 8.82. The van der Waals surface area contributed by atoms with Gasteiger partial charge >= 0.3 is 0 Å². The van der Waals surface area contributed by atoms with Gasteiger partial charge in [-0.1, -0.05) is 69.3 Å². The normalized spacial score (nSPS) is 14.0. The minimum atomic E-state index is -1.44. The third-order valence-electron chi connectivity index (χ3n) is 5.77. The van der Waals surface area contributed by atoms with Crippen molar-refractivity contribution in [3.8, 4) is 33.5 Å². The predicted molar refractivity (Wildman–Crippen MR) is 123 cm³/mol. The second kappa shape index (κ2) is 6.29. The molecule has 0 spiro atoms. The zero-order chi connectivity index (χ0) is 22.1. The van der Waals surface area contributed by atoms with Gasteiger partial charge in [-0.3, -0.25) is 0 Å². The standard InChI is InChI=1S/C28H28N/c1-18-15-20-9-8-12-22-21-10-6-7-11-23(21)27(26(20)22)25(18)24-16-19(13-14-29(24)5)17-28(2,3)4/h6-16H,17H2,1-5H3/q+1/i17D2. The van der Waals surface area contributed by atoms with E-state index in [0.29, 0.717) is 0 Å². The fourth-order valence-corrected chi connectivity index (χ4v) is 4.69. The van der Waals surface area contributed by atoms with E-state index in [1.54, 1.807) is 0 Å². The van der Waals surface area contributed by atoms with Crippen molar-refractivity contribution in [2.75, 3.05) is 0 Å². The average molecular weight is 381 g/mol. The molecular weight excluding hydrogens is 350 g/mol. The number of nitrogens with zero attached hydrogens (tertiary/aromatic N) is 1. The summed E-state index contributed by atoms with van der Waals surface area (Å²) in [6.07, 6.45) is 0.557. The Morgan fingerprint density at radius 2 is 1.59 bits per heavy atom. The molecular formula is C28H28N+. The number of aromatic nitrogens is 1. The molecule has 0 N–H and O–H groups in total. The summed E-state index contributed by atoms with van der Waals surface area (Å²) in [5.41, 5.74) is 8.76. The van der Waals surface area contributed by atoms with Gasteiger partial charge in [-0.15, -0.1) is 0 Å². The van der Waals surface area contributed by atoms with Gasteiger partial charge < -0.3 is 0 Å². The summed E-state index contributed by atoms with van der Waals surface area (Å²) in [5.74, 6) is 0. The molecule has 1 heterocycles. The first-order valence-electron chi connectivity index (χ1n) is 11.3. The first-order valence-corrected chi connectivity index (χ1v) is 10.3. The number of hydrogen-bond acceptors (Lipinski definition) is 0. The van der Waals surface area contributed by atoms with E-state index in [1.165, 1.54) is 44.2 Å². The molecule has 29 heavy (non-hydrogen) atoms. The number of rotatable bonds is 2. The molecule has 0 bridgehead atoms. The van der Waals surface area contributed by atoms with Gasteiger partial charge in [0.15, 0.2) is 6.20 Å². The number of hydrogen-bond donors (Lipinski definition) is 0. The van der Waals surface area contributed by atoms with Gasteiger partial charge in [0, 0.05) is 20.4 Å². The first-order chi connectivity index (χ1) is 14.6. The van der Waals surface area contributed by atoms with Crippen LogP contribution in [-0.2, 0) is 13.4 Å². The van der Waals surface area contributed by atoms with Crippen LogP contribution in [0.3, 0.4) is 0 Å². The lowest BCUT2D eigenvalue weighted by Crippen LogP contribution is -2.31. The fraction of sp³-hybridized carbons (Fsp3) is 0.250. The van der Waals surface area contributed by atoms with Crippen LogP contribution in [0.25, 0.3) is 44.3 Å². The molecule has 0 unspecified atom stereocenters. The lowest BCUT2D eigenvalue weighted by molar-refractivity contribution is -0.660. The molecule has 0 atom stereocenters. The third kappa shape index (κ3) is 2.88. The summed E-state index contributed by atoms with van der Waals surface area (Å²) in [7, 11) is 2.05. The molecule has 1 nitrogen and oxygen atoms in total. The Labute approximate surface area is 176 Å². The van der Waals surface area contributed by atoms with Crippen LogP contribution in [0.2, 0.25) is 0 Å². The van der Waals surface area contributed by atoms with Gasteiger partial charge in [0.1, 0.15) is 7.05 Å². The van der Waals surface area contributed by atoms with Gasteiger partial charge in [0.2, 0.25) is 5.69 Å². The van der Waals surface area contributed by atoms with Gasteiger partial charge in [0.25, 0.3) is 0 Å². The Morgan fingerprint density at radius 3 is 2.34 bits per heavy atom. The van der Waals surface area contributed by atoms with Gasteiger partial charge in [-0.2, -0.15) is 0 Å². The highest BCUT2D eigenvalue weighted by molar-refractivity contribution is 6.19. The van der Waals surface area contributed by atoms with Crippen LogP contribution < -0.4 is 4.57 Å². The maximum Gasteiger partial charge on any atom is 0.213 e. The molecule has 1 aliphatic carbocycles. The van der Waals surface area contributed by atoms with E-state index < -0.39 is 11.8 Å². The highest BCUT2D eigenvalue weighted by Crippen LogP contribution is 2.51. The van der Waals surface area contributed by atoms with Crippen LogP contribution in [0.5, 0.6) is 0 Å². The Kier molecular flexibility index (Phi) is 3.45. The van der Waals surface area contributed by atoms with Crippen LogP contribution in [0.15, 0.2) is 66.9 Å². The zero-order valence-corrected chi connectivity index (χ0v) is 17.8. The van der Waals surface area contributed by atoms with E-state index in [9.17, 15) is 0 Å². The van der Waals surface area contributed by atoms with Crippen LogP contribution in [-0.4, -0.2) is 0 Å². The summed E-state index contributed by atoms with van der Waals surface area (Å²) >= 11 is 0.